The van der Waals surface area contributed by atoms with Gasteiger partial charge in [-0.3, -0.25) is 0 Å². The number of benzene rings is 2. The molecule has 2 aromatic carbocycles. The average molecular weight is 540 g/mol. The number of aromatic nitrogens is 3. The van der Waals surface area contributed by atoms with Crippen LogP contribution in [0.3, 0.4) is 0 Å². The van der Waals surface area contributed by atoms with E-state index < -0.39 is 30.4 Å². The molecule has 8 nitrogen and oxygen atoms in total. The number of halogens is 2. The summed E-state index contributed by atoms with van der Waals surface area (Å²) in [5.74, 6) is -0.991. The molecule has 0 radical (unpaired) electrons. The van der Waals surface area contributed by atoms with Crippen molar-refractivity contribution in [3.63, 3.8) is 0 Å². The van der Waals surface area contributed by atoms with Crippen LogP contribution in [0.25, 0.3) is 11.0 Å². The van der Waals surface area contributed by atoms with Crippen LogP contribution in [0.2, 0.25) is 10.2 Å². The lowest BCUT2D eigenvalue weighted by atomic mass is 10.1. The van der Waals surface area contributed by atoms with Crippen LogP contribution in [-0.4, -0.2) is 45.3 Å². The van der Waals surface area contributed by atoms with Gasteiger partial charge in [-0.15, -0.1) is 0 Å². The van der Waals surface area contributed by atoms with Gasteiger partial charge in [0.2, 0.25) is 0 Å². The summed E-state index contributed by atoms with van der Waals surface area (Å²) < 4.78 is 19.3. The number of hydrogen-bond acceptors (Lipinski definition) is 7. The molecule has 0 bridgehead atoms. The van der Waals surface area contributed by atoms with Crippen LogP contribution >= 0.6 is 23.2 Å². The molecule has 10 heteroatoms. The maximum Gasteiger partial charge on any atom is 0.338 e. The van der Waals surface area contributed by atoms with E-state index in [9.17, 15) is 9.59 Å². The molecule has 4 aromatic rings. The SMILES string of the molecule is Cc1ccc(C(=O)OC[C@@H]2O[C@@H](n3cc(Cl)c4c(Cl)ncnc43)C[C@@H]2OC(=O)c2ccc(C)cc2)cc1. The molecule has 0 aliphatic carbocycles. The minimum atomic E-state index is -0.720. The Morgan fingerprint density at radius 1 is 0.973 bits per heavy atom. The molecule has 0 amide bonds. The van der Waals surface area contributed by atoms with Crippen LogP contribution in [0.15, 0.2) is 61.1 Å². The van der Waals surface area contributed by atoms with Gasteiger partial charge in [-0.05, 0) is 38.1 Å². The van der Waals surface area contributed by atoms with Gasteiger partial charge >= 0.3 is 11.9 Å². The highest BCUT2D eigenvalue weighted by atomic mass is 35.5. The molecule has 190 valence electrons. The van der Waals surface area contributed by atoms with Crippen molar-refractivity contribution in [2.24, 2.45) is 0 Å². The van der Waals surface area contributed by atoms with E-state index in [2.05, 4.69) is 9.97 Å². The van der Waals surface area contributed by atoms with E-state index in [1.165, 1.54) is 6.33 Å². The molecular formula is C27H23Cl2N3O5. The van der Waals surface area contributed by atoms with Crippen LogP contribution in [0, 0.1) is 13.8 Å². The van der Waals surface area contributed by atoms with Gasteiger partial charge in [-0.25, -0.2) is 19.6 Å². The maximum atomic E-state index is 12.9. The second kappa shape index (κ2) is 10.5. The molecule has 1 saturated heterocycles. The minimum absolute atomic E-state index is 0.113. The lowest BCUT2D eigenvalue weighted by Crippen LogP contribution is -2.32. The van der Waals surface area contributed by atoms with Gasteiger partial charge < -0.3 is 18.8 Å². The number of carbonyl (C=O) groups is 2. The van der Waals surface area contributed by atoms with Crippen molar-refractivity contribution >= 4 is 46.2 Å². The lowest BCUT2D eigenvalue weighted by Gasteiger charge is -2.19. The molecular weight excluding hydrogens is 517 g/mol. The number of aryl methyl sites for hydroxylation is 2. The predicted molar refractivity (Wildman–Crippen MR) is 138 cm³/mol. The van der Waals surface area contributed by atoms with Crippen LogP contribution in [0.4, 0.5) is 0 Å². The van der Waals surface area contributed by atoms with Gasteiger partial charge in [-0.2, -0.15) is 0 Å². The molecule has 1 aliphatic heterocycles. The summed E-state index contributed by atoms with van der Waals surface area (Å²) in [5.41, 5.74) is 3.37. The first kappa shape index (κ1) is 25.2. The van der Waals surface area contributed by atoms with Crippen LogP contribution in [0.1, 0.15) is 44.5 Å². The Bertz CT molecular complexity index is 1450. The van der Waals surface area contributed by atoms with Gasteiger partial charge in [0.25, 0.3) is 0 Å². The third-order valence-corrected chi connectivity index (χ3v) is 6.79. The summed E-state index contributed by atoms with van der Waals surface area (Å²) in [6.45, 7) is 3.76. The molecule has 0 N–H and O–H groups in total. The fourth-order valence-corrected chi connectivity index (χ4v) is 4.75. The molecule has 0 spiro atoms. The molecule has 0 unspecified atom stereocenters. The number of fused-ring (bicyclic) bond motifs is 1. The van der Waals surface area contributed by atoms with E-state index in [0.29, 0.717) is 27.2 Å². The second-order valence-corrected chi connectivity index (χ2v) is 9.65. The Balaban J connectivity index is 1.38. The first-order valence-corrected chi connectivity index (χ1v) is 12.4. The molecule has 5 rings (SSSR count). The van der Waals surface area contributed by atoms with Crippen molar-refractivity contribution in [2.75, 3.05) is 6.61 Å². The quantitative estimate of drug-likeness (QED) is 0.228. The highest BCUT2D eigenvalue weighted by Crippen LogP contribution is 2.37. The molecule has 0 saturated carbocycles. The van der Waals surface area contributed by atoms with E-state index in [0.717, 1.165) is 11.1 Å². The smallest absolute Gasteiger partial charge is 0.338 e. The van der Waals surface area contributed by atoms with Gasteiger partial charge in [0.05, 0.1) is 21.5 Å². The Morgan fingerprint density at radius 2 is 1.59 bits per heavy atom. The van der Waals surface area contributed by atoms with E-state index >= 15 is 0 Å². The summed E-state index contributed by atoms with van der Waals surface area (Å²) in [6, 6.07) is 14.1. The van der Waals surface area contributed by atoms with Gasteiger partial charge in [0.1, 0.15) is 42.2 Å². The Morgan fingerprint density at radius 3 is 2.24 bits per heavy atom. The number of carbonyl (C=O) groups excluding carboxylic acids is 2. The number of ether oxygens (including phenoxy) is 3. The zero-order valence-corrected chi connectivity index (χ0v) is 21.6. The number of nitrogens with zero attached hydrogens (tertiary/aromatic N) is 3. The Labute approximate surface area is 223 Å². The summed E-state index contributed by atoms with van der Waals surface area (Å²) in [4.78, 5) is 33.8. The van der Waals surface area contributed by atoms with E-state index in [1.54, 1.807) is 35.0 Å². The normalized spacial score (nSPS) is 19.2. The predicted octanol–water partition coefficient (Wildman–Crippen LogP) is 5.73. The third kappa shape index (κ3) is 5.32. The minimum Gasteiger partial charge on any atom is -0.459 e. The van der Waals surface area contributed by atoms with Gasteiger partial charge in [0, 0.05) is 12.6 Å². The second-order valence-electron chi connectivity index (χ2n) is 8.89. The largest absolute Gasteiger partial charge is 0.459 e. The first-order chi connectivity index (χ1) is 17.8. The Kier molecular flexibility index (Phi) is 7.15. The summed E-state index contributed by atoms with van der Waals surface area (Å²) in [6.07, 6.45) is 1.26. The fraction of sp³-hybridized carbons (Fsp3) is 0.259. The van der Waals surface area contributed by atoms with Crippen molar-refractivity contribution in [1.29, 1.82) is 0 Å². The van der Waals surface area contributed by atoms with Crippen molar-refractivity contribution < 1.29 is 23.8 Å². The number of hydrogen-bond donors (Lipinski definition) is 0. The topological polar surface area (TPSA) is 92.5 Å². The van der Waals surface area contributed by atoms with Crippen LogP contribution in [0.5, 0.6) is 0 Å². The molecule has 1 aliphatic rings. The highest BCUT2D eigenvalue weighted by molar-refractivity contribution is 6.41. The van der Waals surface area contributed by atoms with Crippen LogP contribution in [-0.2, 0) is 14.2 Å². The van der Waals surface area contributed by atoms with E-state index in [4.69, 9.17) is 37.4 Å². The first-order valence-electron chi connectivity index (χ1n) is 11.6. The lowest BCUT2D eigenvalue weighted by molar-refractivity contribution is -0.0562. The summed E-state index contributed by atoms with van der Waals surface area (Å²) in [7, 11) is 0. The summed E-state index contributed by atoms with van der Waals surface area (Å²) >= 11 is 12.6. The standard InChI is InChI=1S/C27H23Cl2N3O5/c1-15-3-7-17(8-4-15)26(33)35-13-21-20(37-27(34)18-9-5-16(2)6-10-18)11-22(36-21)32-12-19(28)23-24(29)30-14-31-25(23)32/h3-10,12,14,20-22H,11,13H2,1-2H3/t20-,21-,22+/m0/s1. The molecule has 37 heavy (non-hydrogen) atoms. The number of rotatable bonds is 6. The van der Waals surface area contributed by atoms with E-state index in [-0.39, 0.29) is 18.2 Å². The molecule has 3 heterocycles. The zero-order chi connectivity index (χ0) is 26.1. The fourth-order valence-electron chi connectivity index (χ4n) is 4.20. The van der Waals surface area contributed by atoms with Gasteiger partial charge in [-0.1, -0.05) is 58.6 Å². The number of esters is 2. The van der Waals surface area contributed by atoms with Crippen molar-refractivity contribution in [1.82, 2.24) is 14.5 Å². The molecule has 2 aromatic heterocycles. The van der Waals surface area contributed by atoms with Gasteiger partial charge in [0.15, 0.2) is 0 Å². The van der Waals surface area contributed by atoms with Crippen molar-refractivity contribution in [2.45, 2.75) is 38.7 Å². The van der Waals surface area contributed by atoms with E-state index in [1.807, 2.05) is 38.1 Å². The molecule has 3 atom stereocenters. The average Bonchev–Trinajstić information content (AvgIpc) is 3.44. The zero-order valence-electron chi connectivity index (χ0n) is 20.1. The van der Waals surface area contributed by atoms with Crippen LogP contribution < -0.4 is 0 Å². The highest BCUT2D eigenvalue weighted by Gasteiger charge is 2.41. The summed E-state index contributed by atoms with van der Waals surface area (Å²) in [5, 5.41) is 1.08. The monoisotopic (exact) mass is 539 g/mol. The third-order valence-electron chi connectivity index (χ3n) is 6.22. The Hall–Kier alpha value is -3.46. The maximum absolute atomic E-state index is 12.9. The van der Waals surface area contributed by atoms with Crippen molar-refractivity contribution in [3.8, 4) is 0 Å². The van der Waals surface area contributed by atoms with Crippen molar-refractivity contribution in [3.05, 3.63) is 93.5 Å². The molecule has 1 fully saturated rings.